The summed E-state index contributed by atoms with van der Waals surface area (Å²) in [7, 11) is 0. The highest BCUT2D eigenvalue weighted by Crippen LogP contribution is 2.35. The molecule has 0 atom stereocenters. The van der Waals surface area contributed by atoms with Gasteiger partial charge in [-0.15, -0.1) is 11.3 Å². The van der Waals surface area contributed by atoms with Crippen LogP contribution in [-0.2, 0) is 0 Å². The molecule has 0 aromatic carbocycles. The highest BCUT2D eigenvalue weighted by molar-refractivity contribution is 7.15. The Kier molecular flexibility index (Phi) is 5.75. The maximum absolute atomic E-state index is 4.92. The van der Waals surface area contributed by atoms with Crippen LogP contribution in [0.2, 0.25) is 0 Å². The lowest BCUT2D eigenvalue weighted by Gasteiger charge is -2.34. The molecule has 4 rings (SSSR count). The average Bonchev–Trinajstić information content (AvgIpc) is 3.33. The molecule has 1 aliphatic heterocycles. The number of hydrogen-bond donors (Lipinski definition) is 1. The van der Waals surface area contributed by atoms with Crippen molar-refractivity contribution in [3.05, 3.63) is 33.6 Å². The van der Waals surface area contributed by atoms with E-state index in [9.17, 15) is 0 Å². The first kappa shape index (κ1) is 19.5. The molecule has 0 unspecified atom stereocenters. The molecule has 1 aliphatic rings. The molecule has 5 nitrogen and oxygen atoms in total. The zero-order valence-electron chi connectivity index (χ0n) is 16.9. The number of thiophene rings is 1. The second kappa shape index (κ2) is 8.27. The zero-order chi connectivity index (χ0) is 19.7. The number of nitrogens with zero attached hydrogens (tertiary/aromatic N) is 4. The second-order valence-corrected chi connectivity index (χ2v) is 9.66. The van der Waals surface area contributed by atoms with E-state index in [0.29, 0.717) is 18.0 Å². The van der Waals surface area contributed by atoms with Crippen molar-refractivity contribution in [1.29, 1.82) is 0 Å². The summed E-state index contributed by atoms with van der Waals surface area (Å²) in [6.07, 6.45) is 4.19. The molecular weight excluding hydrogens is 386 g/mol. The van der Waals surface area contributed by atoms with Crippen LogP contribution < -0.4 is 5.32 Å². The maximum Gasteiger partial charge on any atom is 0.223 e. The largest absolute Gasteiger partial charge is 0.351 e. The molecule has 1 fully saturated rings. The molecule has 1 saturated heterocycles. The van der Waals surface area contributed by atoms with Crippen LogP contribution in [-0.4, -0.2) is 45.0 Å². The molecular formula is C21H27N5S2. The second-order valence-electron chi connectivity index (χ2n) is 7.68. The van der Waals surface area contributed by atoms with Crippen molar-refractivity contribution in [1.82, 2.24) is 19.9 Å². The molecule has 0 spiro atoms. The van der Waals surface area contributed by atoms with Crippen LogP contribution in [0.5, 0.6) is 0 Å². The molecule has 7 heteroatoms. The number of thiazole rings is 1. The van der Waals surface area contributed by atoms with Crippen molar-refractivity contribution in [2.45, 2.75) is 52.6 Å². The smallest absolute Gasteiger partial charge is 0.223 e. The molecule has 0 amide bonds. The van der Waals surface area contributed by atoms with Gasteiger partial charge in [-0.2, -0.15) is 11.3 Å². The van der Waals surface area contributed by atoms with E-state index in [4.69, 9.17) is 9.97 Å². The fourth-order valence-electron chi connectivity index (χ4n) is 3.56. The average molecular weight is 414 g/mol. The Balaban J connectivity index is 1.60. The molecule has 1 N–H and O–H groups in total. The fraction of sp³-hybridized carbons (Fsp3) is 0.476. The van der Waals surface area contributed by atoms with Crippen LogP contribution in [0.3, 0.4) is 0 Å². The van der Waals surface area contributed by atoms with E-state index >= 15 is 0 Å². The van der Waals surface area contributed by atoms with Gasteiger partial charge in [-0.05, 0) is 62.9 Å². The Morgan fingerprint density at radius 3 is 2.57 bits per heavy atom. The third-order valence-corrected chi connectivity index (χ3v) is 7.21. The van der Waals surface area contributed by atoms with Crippen LogP contribution in [0.25, 0.3) is 21.8 Å². The molecule has 0 bridgehead atoms. The van der Waals surface area contributed by atoms with Gasteiger partial charge in [-0.1, -0.05) is 0 Å². The number of nitrogens with one attached hydrogen (secondary N) is 1. The van der Waals surface area contributed by atoms with E-state index in [1.807, 2.05) is 6.20 Å². The van der Waals surface area contributed by atoms with E-state index in [2.05, 4.69) is 59.7 Å². The minimum atomic E-state index is 0.426. The number of hydrogen-bond acceptors (Lipinski definition) is 7. The van der Waals surface area contributed by atoms with Crippen LogP contribution in [0.15, 0.2) is 23.0 Å². The lowest BCUT2D eigenvalue weighted by atomic mass is 10.0. The van der Waals surface area contributed by atoms with Crippen molar-refractivity contribution in [3.8, 4) is 21.8 Å². The van der Waals surface area contributed by atoms with Gasteiger partial charge in [0.25, 0.3) is 0 Å². The summed E-state index contributed by atoms with van der Waals surface area (Å²) in [5.41, 5.74) is 4.21. The summed E-state index contributed by atoms with van der Waals surface area (Å²) in [4.78, 5) is 18.1. The van der Waals surface area contributed by atoms with E-state index in [-0.39, 0.29) is 0 Å². The van der Waals surface area contributed by atoms with Gasteiger partial charge in [0.05, 0.1) is 5.69 Å². The summed E-state index contributed by atoms with van der Waals surface area (Å²) in [5.74, 6) is 0.711. The summed E-state index contributed by atoms with van der Waals surface area (Å²) >= 11 is 3.39. The Bertz CT molecular complexity index is 905. The summed E-state index contributed by atoms with van der Waals surface area (Å²) in [5, 5.41) is 8.78. The van der Waals surface area contributed by atoms with Gasteiger partial charge in [0.15, 0.2) is 0 Å². The van der Waals surface area contributed by atoms with E-state index in [1.165, 1.54) is 4.88 Å². The Morgan fingerprint density at radius 2 is 1.96 bits per heavy atom. The van der Waals surface area contributed by atoms with E-state index in [1.54, 1.807) is 22.7 Å². The van der Waals surface area contributed by atoms with Crippen molar-refractivity contribution >= 4 is 28.6 Å². The topological polar surface area (TPSA) is 53.9 Å². The Morgan fingerprint density at radius 1 is 1.18 bits per heavy atom. The van der Waals surface area contributed by atoms with Crippen LogP contribution in [0, 0.1) is 13.8 Å². The number of anilines is 1. The predicted molar refractivity (Wildman–Crippen MR) is 119 cm³/mol. The van der Waals surface area contributed by atoms with Crippen LogP contribution in [0.1, 0.15) is 37.3 Å². The van der Waals surface area contributed by atoms with Gasteiger partial charge in [0.2, 0.25) is 5.95 Å². The minimum Gasteiger partial charge on any atom is -0.351 e. The predicted octanol–water partition coefficient (Wildman–Crippen LogP) is 5.23. The maximum atomic E-state index is 4.92. The van der Waals surface area contributed by atoms with Crippen molar-refractivity contribution in [2.24, 2.45) is 0 Å². The summed E-state index contributed by atoms with van der Waals surface area (Å²) in [6.45, 7) is 11.0. The highest BCUT2D eigenvalue weighted by Gasteiger charge is 2.22. The number of piperidine rings is 1. The molecule has 4 heterocycles. The molecule has 0 radical (unpaired) electrons. The summed E-state index contributed by atoms with van der Waals surface area (Å²) < 4.78 is 0. The van der Waals surface area contributed by atoms with Crippen molar-refractivity contribution in [2.75, 3.05) is 18.4 Å². The minimum absolute atomic E-state index is 0.426. The lowest BCUT2D eigenvalue weighted by Crippen LogP contribution is -2.42. The molecule has 148 valence electrons. The normalized spacial score (nSPS) is 16.0. The number of aryl methyl sites for hydroxylation is 2. The van der Waals surface area contributed by atoms with E-state index in [0.717, 1.165) is 53.5 Å². The van der Waals surface area contributed by atoms with Gasteiger partial charge in [-0.3, -0.25) is 0 Å². The number of likely N-dealkylation sites (tertiary alicyclic amines) is 1. The molecule has 3 aromatic heterocycles. The van der Waals surface area contributed by atoms with Gasteiger partial charge < -0.3 is 10.2 Å². The zero-order valence-corrected chi connectivity index (χ0v) is 18.5. The third kappa shape index (κ3) is 4.11. The van der Waals surface area contributed by atoms with Gasteiger partial charge in [0.1, 0.15) is 10.7 Å². The van der Waals surface area contributed by atoms with Crippen molar-refractivity contribution in [3.63, 3.8) is 0 Å². The van der Waals surface area contributed by atoms with Gasteiger partial charge >= 0.3 is 0 Å². The molecule has 0 saturated carbocycles. The Labute approximate surface area is 174 Å². The standard InChI is InChI=1S/C21H27N5S2/c1-13(2)26-8-5-17(6-9-26)24-21-22-11-18(16-7-10-27-12-16)19(25-21)20-23-14(3)15(4)28-20/h7,10-13,17H,5-6,8-9H2,1-4H3,(H,22,24,25). The quantitative estimate of drug-likeness (QED) is 0.621. The number of rotatable bonds is 5. The molecule has 28 heavy (non-hydrogen) atoms. The first-order valence-electron chi connectivity index (χ1n) is 9.86. The lowest BCUT2D eigenvalue weighted by molar-refractivity contribution is 0.177. The van der Waals surface area contributed by atoms with Crippen LogP contribution >= 0.6 is 22.7 Å². The fourth-order valence-corrected chi connectivity index (χ4v) is 5.13. The van der Waals surface area contributed by atoms with E-state index < -0.39 is 0 Å². The SMILES string of the molecule is Cc1nc(-c2nc(NC3CCN(C(C)C)CC3)ncc2-c2ccsc2)sc1C. The highest BCUT2D eigenvalue weighted by atomic mass is 32.1. The van der Waals surface area contributed by atoms with Crippen molar-refractivity contribution < 1.29 is 0 Å². The van der Waals surface area contributed by atoms with Gasteiger partial charge in [-0.25, -0.2) is 15.0 Å². The molecule has 0 aliphatic carbocycles. The first-order chi connectivity index (χ1) is 13.5. The summed E-state index contributed by atoms with van der Waals surface area (Å²) in [6, 6.07) is 3.16. The Hall–Kier alpha value is -1.83. The van der Waals surface area contributed by atoms with Crippen LogP contribution in [0.4, 0.5) is 5.95 Å². The third-order valence-electron chi connectivity index (χ3n) is 5.45. The first-order valence-corrected chi connectivity index (χ1v) is 11.6. The monoisotopic (exact) mass is 413 g/mol. The van der Waals surface area contributed by atoms with Gasteiger partial charge in [0, 0.05) is 41.8 Å². The molecule has 3 aromatic rings. The number of aromatic nitrogens is 3.